The summed E-state index contributed by atoms with van der Waals surface area (Å²) in [5, 5.41) is 28.8. The summed E-state index contributed by atoms with van der Waals surface area (Å²) in [5.74, 6) is -11.3. The number of rotatable bonds is 25. The van der Waals surface area contributed by atoms with Crippen LogP contribution in [-0.2, 0) is 43.1 Å². The molecule has 0 spiro atoms. The number of pyridine rings is 6. The fourth-order valence-corrected chi connectivity index (χ4v) is 12.4. The molecule has 112 heavy (non-hydrogen) atoms. The SMILES string of the molecule is CC[C@H](C)Nc1cc(F)c(C(=O)N[C@@H](Cc2ccc(NC(=O)c3c(Cl)cncc3Cl)c3nccn23)C(=O)O)c(F)c1.CC[C@H](C)Nc1cc(F)c(C(=O)N[C@@H](Cc2ccc(NC(=O)c3c(Cl)cncc3Cl)c3nccn23)C(=O)OC)c(F)c1.COC(=O)[C@@H](N)Cc1ccc(NC(=O)c2c(Cl)cncc2Cl)c2nccn12.[Li+].[OH-]. The first-order chi connectivity index (χ1) is 52.4. The van der Waals surface area contributed by atoms with Gasteiger partial charge in [0.15, 0.2) is 16.9 Å². The zero-order chi connectivity index (χ0) is 79.9. The molecule has 0 fully saturated rings. The second-order valence-electron chi connectivity index (χ2n) is 24.1. The van der Waals surface area contributed by atoms with E-state index in [4.69, 9.17) is 80.1 Å². The molecule has 40 heteroatoms. The molecule has 5 atom stereocenters. The maximum atomic E-state index is 14.8. The van der Waals surface area contributed by atoms with E-state index < -0.39 is 100.0 Å². The Morgan fingerprint density at radius 2 is 0.759 bits per heavy atom. The maximum absolute atomic E-state index is 14.8. The minimum absolute atomic E-state index is 0. The smallest absolute Gasteiger partial charge is 0.870 e. The summed E-state index contributed by atoms with van der Waals surface area (Å²) in [7, 11) is 2.40. The van der Waals surface area contributed by atoms with Crippen molar-refractivity contribution >= 4 is 162 Å². The van der Waals surface area contributed by atoms with Gasteiger partial charge in [-0.2, -0.15) is 0 Å². The van der Waals surface area contributed by atoms with Crippen molar-refractivity contribution in [2.75, 3.05) is 40.8 Å². The monoisotopic (exact) mass is 1650 g/mol. The molecule has 0 saturated heterocycles. The Hall–Kier alpha value is -10.7. The fraction of sp³-hybridized carbons (Fsp3) is 0.222. The molecular weight excluding hydrogens is 1590 g/mol. The fourth-order valence-electron chi connectivity index (χ4n) is 10.8. The van der Waals surface area contributed by atoms with Crippen LogP contribution in [0.1, 0.15) is 109 Å². The van der Waals surface area contributed by atoms with Crippen LogP contribution >= 0.6 is 69.6 Å². The van der Waals surface area contributed by atoms with Gasteiger partial charge in [-0.1, -0.05) is 83.5 Å². The third kappa shape index (κ3) is 21.3. The number of halogens is 10. The van der Waals surface area contributed by atoms with Crippen LogP contribution in [0.15, 0.2) is 135 Å². The van der Waals surface area contributed by atoms with Crippen molar-refractivity contribution in [3.63, 3.8) is 0 Å². The van der Waals surface area contributed by atoms with Gasteiger partial charge in [0, 0.05) is 134 Å². The van der Waals surface area contributed by atoms with Crippen LogP contribution in [0.5, 0.6) is 0 Å². The van der Waals surface area contributed by atoms with Crippen molar-refractivity contribution in [3.05, 3.63) is 233 Å². The summed E-state index contributed by atoms with van der Waals surface area (Å²) in [6.07, 6.45) is 18.3. The van der Waals surface area contributed by atoms with E-state index in [0.717, 1.165) is 43.5 Å². The van der Waals surface area contributed by atoms with E-state index in [9.17, 15) is 61.0 Å². The Bertz CT molecular complexity index is 5250. The quantitative estimate of drug-likeness (QED) is 0.0146. The number of amides is 5. The number of nitrogens with one attached hydrogen (secondary N) is 7. The van der Waals surface area contributed by atoms with Gasteiger partial charge in [-0.15, -0.1) is 0 Å². The molecular formula is C72H66Cl6F4LiN17O12. The van der Waals surface area contributed by atoms with Crippen LogP contribution in [0.2, 0.25) is 30.1 Å². The predicted octanol–water partition coefficient (Wildman–Crippen LogP) is 9.65. The van der Waals surface area contributed by atoms with E-state index in [-0.39, 0.29) is 125 Å². The zero-order valence-electron chi connectivity index (χ0n) is 60.0. The molecule has 0 unspecified atom stereocenters. The molecule has 0 aliphatic rings. The molecule has 0 aliphatic heterocycles. The number of anilines is 5. The third-order valence-electron chi connectivity index (χ3n) is 16.6. The van der Waals surface area contributed by atoms with Gasteiger partial charge in [-0.05, 0) is 87.4 Å². The summed E-state index contributed by atoms with van der Waals surface area (Å²) in [5.41, 5.74) is 8.22. The summed E-state index contributed by atoms with van der Waals surface area (Å²) in [6, 6.07) is 9.74. The number of nitrogens with two attached hydrogens (primary N) is 1. The topological polar surface area (TPSA) is 406 Å². The van der Waals surface area contributed by atoms with Gasteiger partial charge in [0.25, 0.3) is 29.5 Å². The van der Waals surface area contributed by atoms with Gasteiger partial charge in [0.05, 0.1) is 78.1 Å². The molecule has 11 N–H and O–H groups in total. The molecule has 11 aromatic rings. The van der Waals surface area contributed by atoms with Gasteiger partial charge in [0.2, 0.25) is 0 Å². The zero-order valence-corrected chi connectivity index (χ0v) is 64.5. The average molecular weight is 1660 g/mol. The number of nitrogens with zero attached hydrogens (tertiary/aromatic N) is 9. The summed E-state index contributed by atoms with van der Waals surface area (Å²) < 4.78 is 73.4. The van der Waals surface area contributed by atoms with Crippen LogP contribution in [0, 0.1) is 23.3 Å². The number of aromatic nitrogens is 9. The molecule has 5 amide bonds. The number of benzene rings is 2. The molecule has 11 rings (SSSR count). The molecule has 29 nitrogen and oxygen atoms in total. The van der Waals surface area contributed by atoms with Crippen molar-refractivity contribution in [2.45, 2.75) is 90.0 Å². The normalized spacial score (nSPS) is 12.2. The van der Waals surface area contributed by atoms with Crippen molar-refractivity contribution < 1.29 is 94.8 Å². The number of carboxylic acids is 1. The Kier molecular flexibility index (Phi) is 31.6. The Balaban J connectivity index is 0.000000237. The number of carboxylic acid groups (broad SMARTS) is 1. The molecule has 0 aliphatic carbocycles. The first-order valence-corrected chi connectivity index (χ1v) is 35.1. The number of imidazole rings is 3. The summed E-state index contributed by atoms with van der Waals surface area (Å²) in [6.45, 7) is 7.49. The molecule has 0 bridgehead atoms. The number of ether oxygens (including phenoxy) is 2. The van der Waals surface area contributed by atoms with E-state index in [1.807, 2.05) is 27.7 Å². The van der Waals surface area contributed by atoms with Crippen molar-refractivity contribution in [2.24, 2.45) is 5.73 Å². The Labute approximate surface area is 676 Å². The van der Waals surface area contributed by atoms with Crippen LogP contribution < -0.4 is 61.8 Å². The second kappa shape index (κ2) is 40.0. The number of esters is 2. The average Bonchev–Trinajstić information content (AvgIpc) is 1.53. The Morgan fingerprint density at radius 3 is 1.05 bits per heavy atom. The van der Waals surface area contributed by atoms with Gasteiger partial charge in [-0.25, -0.2) is 42.1 Å². The van der Waals surface area contributed by atoms with Crippen molar-refractivity contribution in [1.29, 1.82) is 0 Å². The molecule has 9 aromatic heterocycles. The van der Waals surface area contributed by atoms with E-state index in [0.29, 0.717) is 40.5 Å². The van der Waals surface area contributed by atoms with E-state index in [1.54, 1.807) is 45.6 Å². The number of aliphatic carboxylic acids is 1. The van der Waals surface area contributed by atoms with E-state index in [1.165, 1.54) is 85.5 Å². The molecule has 0 radical (unpaired) electrons. The Morgan fingerprint density at radius 1 is 0.464 bits per heavy atom. The minimum atomic E-state index is -1.56. The van der Waals surface area contributed by atoms with Gasteiger partial charge in [0.1, 0.15) is 52.5 Å². The van der Waals surface area contributed by atoms with Gasteiger partial charge in [-0.3, -0.25) is 43.7 Å². The molecule has 2 aromatic carbocycles. The predicted molar refractivity (Wildman–Crippen MR) is 407 cm³/mol. The van der Waals surface area contributed by atoms with Crippen molar-refractivity contribution in [3.8, 4) is 0 Å². The maximum Gasteiger partial charge on any atom is 1.00 e. The standard InChI is InChI=1S/C28H26Cl2F2N6O4.C27H24Cl2F2N6O4.C17H15Cl2N5O3.Li.H2O/c1-4-14(2)35-15-9-19(31)24(20(32)10-15)27(40)37-22(28(41)42-3)11-16-5-6-21(25-34-7-8-38(16)25)36-26(39)23-17(29)12-33-13-18(23)30;1-3-13(2)34-14-8-18(30)23(19(31)9-14)26(39)36-21(27(40)41)10-15-4-5-20(24-33-6-7-37(15)24)35-25(38)22-16(28)11-32-12-17(22)29;1-27-17(26)12(20)6-9-2-3-13(15-22-4-5-24(9)15)23-16(25)14-10(18)7-21-8-11(14)19;;/h5-10,12-14,22,35H,4,11H2,1-3H3,(H,36,39)(H,37,40);4-9,11-13,21,34H,3,10H2,1-2H3,(H,35,38)(H,36,39)(H,40,41);2-5,7-8,12H,6,20H2,1H3,(H,23,25);;1H2/q;;;+1;/p-1/t14-,22-;13-,21-;12-;;/m000../s1. The first kappa shape index (κ1) is 88.5. The third-order valence-corrected chi connectivity index (χ3v) is 18.3. The van der Waals surface area contributed by atoms with Gasteiger partial charge < -0.3 is 76.2 Å². The molecule has 0 saturated carbocycles. The van der Waals surface area contributed by atoms with Crippen LogP contribution in [0.25, 0.3) is 16.9 Å². The number of carbonyl (C=O) groups is 8. The van der Waals surface area contributed by atoms with Gasteiger partial charge >= 0.3 is 36.8 Å². The van der Waals surface area contributed by atoms with E-state index >= 15 is 0 Å². The largest absolute Gasteiger partial charge is 1.00 e. The number of hydrogen-bond acceptors (Lipinski definition) is 20. The number of methoxy groups -OCH3 is 2. The number of hydrogen-bond donors (Lipinski definition) is 9. The molecule has 9 heterocycles. The van der Waals surface area contributed by atoms with Crippen LogP contribution in [-0.4, -0.2) is 146 Å². The minimum Gasteiger partial charge on any atom is -0.870 e. The first-order valence-electron chi connectivity index (χ1n) is 32.9. The number of carbonyl (C=O) groups excluding carboxylic acids is 7. The van der Waals surface area contributed by atoms with Crippen LogP contribution in [0.3, 0.4) is 0 Å². The number of fused-ring (bicyclic) bond motifs is 3. The second-order valence-corrected chi connectivity index (χ2v) is 26.5. The summed E-state index contributed by atoms with van der Waals surface area (Å²) >= 11 is 36.4. The van der Waals surface area contributed by atoms with E-state index in [2.05, 4.69) is 71.9 Å². The van der Waals surface area contributed by atoms with Crippen molar-refractivity contribution in [1.82, 2.24) is 53.7 Å². The summed E-state index contributed by atoms with van der Waals surface area (Å²) in [4.78, 5) is 125. The van der Waals surface area contributed by atoms with Crippen LogP contribution in [0.4, 0.5) is 46.0 Å². The molecule has 582 valence electrons.